The van der Waals surface area contributed by atoms with E-state index in [1.807, 2.05) is 78.3 Å². The average molecular weight is 925 g/mol. The van der Waals surface area contributed by atoms with Crippen LogP contribution >= 0.6 is 22.9 Å². The van der Waals surface area contributed by atoms with E-state index in [2.05, 4.69) is 38.8 Å². The van der Waals surface area contributed by atoms with E-state index in [0.29, 0.717) is 45.5 Å². The van der Waals surface area contributed by atoms with Gasteiger partial charge in [0.25, 0.3) is 0 Å². The average Bonchev–Trinajstić information content (AvgIpc) is 3.95. The van der Waals surface area contributed by atoms with Crippen molar-refractivity contribution in [3.8, 4) is 44.7 Å². The van der Waals surface area contributed by atoms with Gasteiger partial charge in [-0.25, -0.2) is 14.8 Å². The maximum absolute atomic E-state index is 13.1. The molecular weight excluding hydrogens is 866 g/mol. The number of benzene rings is 3. The summed E-state index contributed by atoms with van der Waals surface area (Å²) in [5.74, 6) is 0.960. The quantitative estimate of drug-likeness (QED) is 0.0748. The number of likely N-dealkylation sites (N-methyl/N-ethyl adjacent to an activating group) is 1. The molecule has 3 aromatic carbocycles. The fraction of sp³-hybridized carbons (Fsp3) is 0.429. The fourth-order valence-corrected chi connectivity index (χ4v) is 9.52. The third-order valence-electron chi connectivity index (χ3n) is 12.0. The lowest BCUT2D eigenvalue weighted by atomic mass is 9.96. The third kappa shape index (κ3) is 11.6. The Kier molecular flexibility index (Phi) is 15.8. The minimum absolute atomic E-state index is 0.0243. The van der Waals surface area contributed by atoms with E-state index in [4.69, 9.17) is 40.3 Å². The van der Waals surface area contributed by atoms with Crippen LogP contribution in [0.1, 0.15) is 36.6 Å². The van der Waals surface area contributed by atoms with Gasteiger partial charge >= 0.3 is 5.97 Å². The van der Waals surface area contributed by atoms with Gasteiger partial charge in [-0.3, -0.25) is 14.5 Å². The molecule has 1 unspecified atom stereocenters. The topological polar surface area (TPSA) is 137 Å². The maximum atomic E-state index is 13.1. The fourth-order valence-electron chi connectivity index (χ4n) is 8.15. The summed E-state index contributed by atoms with van der Waals surface area (Å²) in [6, 6.07) is 21.3. The van der Waals surface area contributed by atoms with E-state index in [0.717, 1.165) is 124 Å². The Labute approximate surface area is 389 Å². The number of unbranched alkanes of at least 4 members (excludes halogenated alkanes) is 1. The highest BCUT2D eigenvalue weighted by molar-refractivity contribution is 7.22. The van der Waals surface area contributed by atoms with Crippen LogP contribution in [-0.4, -0.2) is 137 Å². The molecule has 0 saturated carbocycles. The number of carbonyl (C=O) groups is 1. The number of rotatable bonds is 21. The van der Waals surface area contributed by atoms with Gasteiger partial charge in [-0.05, 0) is 85.1 Å². The van der Waals surface area contributed by atoms with Crippen LogP contribution in [0.5, 0.6) is 23.1 Å². The van der Waals surface area contributed by atoms with Crippen molar-refractivity contribution in [2.75, 3.05) is 85.8 Å². The van der Waals surface area contributed by atoms with Gasteiger partial charge in [0.15, 0.2) is 0 Å². The van der Waals surface area contributed by atoms with Crippen molar-refractivity contribution in [1.82, 2.24) is 34.4 Å². The molecule has 2 saturated heterocycles. The molecule has 6 aromatic rings. The molecule has 2 aliphatic rings. The van der Waals surface area contributed by atoms with Crippen molar-refractivity contribution in [2.45, 2.75) is 52.4 Å². The van der Waals surface area contributed by atoms with Gasteiger partial charge in [-0.1, -0.05) is 49.2 Å². The summed E-state index contributed by atoms with van der Waals surface area (Å²) < 4.78 is 32.7. The van der Waals surface area contributed by atoms with Crippen LogP contribution in [0.25, 0.3) is 31.8 Å². The van der Waals surface area contributed by atoms with Crippen molar-refractivity contribution >= 4 is 39.1 Å². The first-order valence-corrected chi connectivity index (χ1v) is 23.7. The number of thiophene rings is 1. The first-order valence-electron chi connectivity index (χ1n) is 22.5. The van der Waals surface area contributed by atoms with Crippen LogP contribution in [0.4, 0.5) is 0 Å². The number of piperazine rings is 1. The summed E-state index contributed by atoms with van der Waals surface area (Å²) in [5, 5.41) is 16.2. The zero-order valence-electron chi connectivity index (χ0n) is 37.4. The molecule has 16 heteroatoms. The molecule has 1 N–H and O–H groups in total. The third-order valence-corrected chi connectivity index (χ3v) is 13.7. The number of halogens is 1. The number of carboxylic acid groups (broad SMARTS) is 1. The number of hydrogen-bond donors (Lipinski definition) is 1. The highest BCUT2D eigenvalue weighted by atomic mass is 35.5. The molecule has 2 fully saturated rings. The molecule has 0 spiro atoms. The molecule has 8 rings (SSSR count). The maximum Gasteiger partial charge on any atom is 0.345 e. The second kappa shape index (κ2) is 22.3. The first-order chi connectivity index (χ1) is 31.7. The van der Waals surface area contributed by atoms with E-state index in [1.165, 1.54) is 17.7 Å². The molecule has 1 atom stereocenters. The number of aryl methyl sites for hydroxylation is 1. The Morgan fingerprint density at radius 2 is 1.63 bits per heavy atom. The van der Waals surface area contributed by atoms with Crippen molar-refractivity contribution in [3.05, 3.63) is 101 Å². The minimum Gasteiger partial charge on any atom is -0.492 e. The normalized spacial score (nSPS) is 15.6. The highest BCUT2D eigenvalue weighted by Crippen LogP contribution is 2.49. The van der Waals surface area contributed by atoms with E-state index < -0.39 is 12.1 Å². The largest absolute Gasteiger partial charge is 0.492 e. The zero-order chi connectivity index (χ0) is 45.1. The van der Waals surface area contributed by atoms with Gasteiger partial charge in [-0.15, -0.1) is 11.3 Å². The Morgan fingerprint density at radius 1 is 0.877 bits per heavy atom. The number of aliphatic carboxylic acids is 1. The molecule has 0 bridgehead atoms. The van der Waals surface area contributed by atoms with Crippen LogP contribution in [0, 0.1) is 6.92 Å². The molecule has 65 heavy (non-hydrogen) atoms. The highest BCUT2D eigenvalue weighted by Gasteiger charge is 2.28. The Hall–Kier alpha value is -5.29. The van der Waals surface area contributed by atoms with Crippen LogP contribution in [0.15, 0.2) is 79.3 Å². The van der Waals surface area contributed by atoms with E-state index in [1.54, 1.807) is 6.20 Å². The second-order valence-corrected chi connectivity index (χ2v) is 17.9. The van der Waals surface area contributed by atoms with Gasteiger partial charge in [0.1, 0.15) is 48.2 Å². The summed E-state index contributed by atoms with van der Waals surface area (Å²) in [6.45, 7) is 15.3. The lowest BCUT2D eigenvalue weighted by Gasteiger charge is -2.32. The SMILES string of the molecule is CCCCn1nccc1COc1ccccc1CC(Oc1ncnc2sc(-c3ccc(OCCN4CCOCC4)cc3)c(-c3ccc(OCCN4CCN(C)CC4)c(Cl)c3C)c12)C(=O)O. The van der Waals surface area contributed by atoms with Gasteiger partial charge in [0, 0.05) is 82.0 Å². The number of carboxylic acids is 1. The molecule has 344 valence electrons. The van der Waals surface area contributed by atoms with Crippen molar-refractivity contribution in [2.24, 2.45) is 0 Å². The standard InChI is InChI=1S/C49H58ClN7O7S/c1-4-5-18-57-37(16-17-53-57)32-63-40-9-7-6-8-36(40)31-42(49(58)59)64-47-44-43(39-14-15-41(45(50)34(39)2)62-30-26-55-21-19-54(3)20-22-55)46(65-48(44)52-33-51-47)35-10-12-38(13-11-35)61-29-25-56-23-27-60-28-24-56/h6-17,33,42H,4-5,18-32H2,1-3H3,(H,58,59). The zero-order valence-corrected chi connectivity index (χ0v) is 39.0. The van der Waals surface area contributed by atoms with Gasteiger partial charge in [0.05, 0.1) is 29.3 Å². The van der Waals surface area contributed by atoms with Crippen LogP contribution in [0.3, 0.4) is 0 Å². The van der Waals surface area contributed by atoms with Crippen molar-refractivity contribution in [3.63, 3.8) is 0 Å². The molecule has 0 amide bonds. The van der Waals surface area contributed by atoms with Gasteiger partial charge in [-0.2, -0.15) is 5.10 Å². The summed E-state index contributed by atoms with van der Waals surface area (Å²) in [7, 11) is 2.15. The summed E-state index contributed by atoms with van der Waals surface area (Å²) in [6.07, 6.45) is 3.97. The lowest BCUT2D eigenvalue weighted by Crippen LogP contribution is -2.45. The summed E-state index contributed by atoms with van der Waals surface area (Å²) in [5.41, 5.74) is 4.98. The number of hydrogen-bond acceptors (Lipinski definition) is 13. The monoisotopic (exact) mass is 923 g/mol. The lowest BCUT2D eigenvalue weighted by molar-refractivity contribution is -0.145. The Morgan fingerprint density at radius 3 is 2.40 bits per heavy atom. The number of fused-ring (bicyclic) bond motifs is 1. The Bertz CT molecular complexity index is 2500. The predicted molar refractivity (Wildman–Crippen MR) is 254 cm³/mol. The summed E-state index contributed by atoms with van der Waals surface area (Å²) in [4.78, 5) is 31.0. The van der Waals surface area contributed by atoms with Crippen molar-refractivity contribution < 1.29 is 33.6 Å². The van der Waals surface area contributed by atoms with Gasteiger partial charge in [0.2, 0.25) is 12.0 Å². The molecule has 2 aliphatic heterocycles. The van der Waals surface area contributed by atoms with Crippen molar-refractivity contribution in [1.29, 1.82) is 0 Å². The molecule has 14 nitrogen and oxygen atoms in total. The smallest absolute Gasteiger partial charge is 0.345 e. The van der Waals surface area contributed by atoms with Gasteiger partial charge < -0.3 is 33.7 Å². The number of para-hydroxylation sites is 1. The van der Waals surface area contributed by atoms with Crippen LogP contribution in [-0.2, 0) is 29.1 Å². The molecule has 3 aromatic heterocycles. The Balaban J connectivity index is 1.09. The minimum atomic E-state index is -1.31. The molecule has 0 aliphatic carbocycles. The number of aromatic nitrogens is 4. The number of nitrogens with zero attached hydrogens (tertiary/aromatic N) is 7. The van der Waals surface area contributed by atoms with Crippen LogP contribution in [0.2, 0.25) is 5.02 Å². The second-order valence-electron chi connectivity index (χ2n) is 16.5. The molecule has 0 radical (unpaired) electrons. The van der Waals surface area contributed by atoms with E-state index in [-0.39, 0.29) is 18.9 Å². The van der Waals surface area contributed by atoms with E-state index >= 15 is 0 Å². The predicted octanol–water partition coefficient (Wildman–Crippen LogP) is 7.97. The number of morpholine rings is 1. The number of ether oxygens (including phenoxy) is 5. The van der Waals surface area contributed by atoms with Crippen LogP contribution < -0.4 is 18.9 Å². The van der Waals surface area contributed by atoms with E-state index in [9.17, 15) is 9.90 Å². The first kappa shape index (κ1) is 46.2. The molecule has 5 heterocycles. The molecular formula is C49H58ClN7O7S. The summed E-state index contributed by atoms with van der Waals surface area (Å²) >= 11 is 8.65.